The molecule has 29 heavy (non-hydrogen) atoms. The number of benzene rings is 2. The summed E-state index contributed by atoms with van der Waals surface area (Å²) in [4.78, 5) is 37.7. The highest BCUT2D eigenvalue weighted by Crippen LogP contribution is 2.40. The smallest absolute Gasteiger partial charge is 0.305 e. The quantitative estimate of drug-likeness (QED) is 0.753. The van der Waals surface area contributed by atoms with Crippen LogP contribution in [0.15, 0.2) is 36.4 Å². The van der Waals surface area contributed by atoms with Gasteiger partial charge in [-0.3, -0.25) is 14.4 Å². The number of carbonyl (C=O) groups is 3. The van der Waals surface area contributed by atoms with E-state index in [1.54, 1.807) is 42.3 Å². The number of carboxylic acids is 1. The summed E-state index contributed by atoms with van der Waals surface area (Å²) in [6, 6.07) is 9.37. The molecule has 0 saturated carbocycles. The topological polar surface area (TPSA) is 93.1 Å². The lowest BCUT2D eigenvalue weighted by atomic mass is 9.89. The fraction of sp³-hybridized carbons (Fsp3) is 0.318. The third-order valence-corrected chi connectivity index (χ3v) is 5.17. The molecule has 1 amide bonds. The van der Waals surface area contributed by atoms with Gasteiger partial charge in [-0.25, -0.2) is 0 Å². The Morgan fingerprint density at radius 3 is 2.17 bits per heavy atom. The number of amides is 1. The van der Waals surface area contributed by atoms with Gasteiger partial charge >= 0.3 is 5.97 Å². The van der Waals surface area contributed by atoms with Gasteiger partial charge in [0.1, 0.15) is 0 Å². The second kappa shape index (κ2) is 8.34. The number of methoxy groups -OCH3 is 2. The maximum absolute atomic E-state index is 13.2. The summed E-state index contributed by atoms with van der Waals surface area (Å²) < 4.78 is 10.7. The Balaban J connectivity index is 2.00. The molecule has 152 valence electrons. The van der Waals surface area contributed by atoms with Crippen LogP contribution >= 0.6 is 0 Å². The van der Waals surface area contributed by atoms with Gasteiger partial charge in [0.2, 0.25) is 0 Å². The maximum atomic E-state index is 13.2. The molecule has 0 spiro atoms. The van der Waals surface area contributed by atoms with Crippen molar-refractivity contribution >= 4 is 17.7 Å². The van der Waals surface area contributed by atoms with E-state index in [0.29, 0.717) is 35.6 Å². The van der Waals surface area contributed by atoms with Crippen LogP contribution in [0.25, 0.3) is 0 Å². The molecule has 2 aromatic carbocycles. The van der Waals surface area contributed by atoms with Gasteiger partial charge in [-0.05, 0) is 48.7 Å². The van der Waals surface area contributed by atoms with Crippen molar-refractivity contribution in [1.82, 2.24) is 4.90 Å². The number of ether oxygens (including phenoxy) is 2. The summed E-state index contributed by atoms with van der Waals surface area (Å²) in [6.45, 7) is 1.84. The predicted molar refractivity (Wildman–Crippen MR) is 106 cm³/mol. The Kier molecular flexibility index (Phi) is 5.87. The number of hydrogen-bond acceptors (Lipinski definition) is 5. The first-order valence-corrected chi connectivity index (χ1v) is 9.24. The fourth-order valence-electron chi connectivity index (χ4n) is 3.67. The molecule has 1 aliphatic rings. The number of rotatable bonds is 6. The Labute approximate surface area is 168 Å². The summed E-state index contributed by atoms with van der Waals surface area (Å²) >= 11 is 0. The van der Waals surface area contributed by atoms with Crippen LogP contribution in [-0.4, -0.2) is 48.4 Å². The van der Waals surface area contributed by atoms with E-state index >= 15 is 0 Å². The average Bonchev–Trinajstić information content (AvgIpc) is 2.72. The monoisotopic (exact) mass is 397 g/mol. The van der Waals surface area contributed by atoms with Crippen LogP contribution in [0.3, 0.4) is 0 Å². The number of fused-ring (bicyclic) bond motifs is 1. The molecule has 0 radical (unpaired) electrons. The lowest BCUT2D eigenvalue weighted by Crippen LogP contribution is -2.41. The van der Waals surface area contributed by atoms with Crippen LogP contribution in [0.2, 0.25) is 0 Å². The van der Waals surface area contributed by atoms with E-state index in [0.717, 1.165) is 11.1 Å². The van der Waals surface area contributed by atoms with Crippen LogP contribution in [0.5, 0.6) is 11.5 Å². The van der Waals surface area contributed by atoms with Crippen LogP contribution in [-0.2, 0) is 11.2 Å². The highest BCUT2D eigenvalue weighted by Gasteiger charge is 2.34. The van der Waals surface area contributed by atoms with Crippen LogP contribution in [0.4, 0.5) is 0 Å². The van der Waals surface area contributed by atoms with Gasteiger partial charge in [-0.15, -0.1) is 0 Å². The molecule has 0 fully saturated rings. The van der Waals surface area contributed by atoms with E-state index in [1.165, 1.54) is 14.0 Å². The fourth-order valence-corrected chi connectivity index (χ4v) is 3.67. The Bertz CT molecular complexity index is 951. The molecule has 1 atom stereocenters. The molecule has 1 heterocycles. The Hall–Kier alpha value is -3.35. The van der Waals surface area contributed by atoms with Crippen molar-refractivity contribution in [2.45, 2.75) is 25.8 Å². The molecule has 1 N–H and O–H groups in total. The summed E-state index contributed by atoms with van der Waals surface area (Å²) in [5.41, 5.74) is 2.61. The number of nitrogens with zero attached hydrogens (tertiary/aromatic N) is 1. The molecule has 1 aliphatic heterocycles. The maximum Gasteiger partial charge on any atom is 0.305 e. The molecule has 7 heteroatoms. The standard InChI is InChI=1S/C22H23NO6/c1-13(24)14-4-6-15(7-5-14)22(27)23-9-8-16-10-19(28-2)20(29-3)11-17(16)18(23)12-21(25)26/h4-7,10-11,18H,8-9,12H2,1-3H3,(H,25,26). The number of aliphatic carboxylic acids is 1. The van der Waals surface area contributed by atoms with Gasteiger partial charge in [0.25, 0.3) is 5.91 Å². The minimum Gasteiger partial charge on any atom is -0.493 e. The first-order chi connectivity index (χ1) is 13.8. The molecule has 1 unspecified atom stereocenters. The second-order valence-electron chi connectivity index (χ2n) is 6.90. The van der Waals surface area contributed by atoms with E-state index in [9.17, 15) is 19.5 Å². The van der Waals surface area contributed by atoms with Crippen molar-refractivity contribution in [2.75, 3.05) is 20.8 Å². The lowest BCUT2D eigenvalue weighted by molar-refractivity contribution is -0.138. The van der Waals surface area contributed by atoms with Crippen molar-refractivity contribution in [3.63, 3.8) is 0 Å². The van der Waals surface area contributed by atoms with Crippen LogP contribution < -0.4 is 9.47 Å². The minimum absolute atomic E-state index is 0.0827. The molecule has 0 saturated heterocycles. The third kappa shape index (κ3) is 4.08. The Morgan fingerprint density at radius 2 is 1.62 bits per heavy atom. The lowest BCUT2D eigenvalue weighted by Gasteiger charge is -2.37. The largest absolute Gasteiger partial charge is 0.493 e. The number of ketones is 1. The number of carboxylic acid groups (broad SMARTS) is 1. The van der Waals surface area contributed by atoms with E-state index < -0.39 is 12.0 Å². The van der Waals surface area contributed by atoms with Crippen molar-refractivity contribution in [1.29, 1.82) is 0 Å². The highest BCUT2D eigenvalue weighted by molar-refractivity contribution is 5.98. The predicted octanol–water partition coefficient (Wildman–Crippen LogP) is 3.12. The SMILES string of the molecule is COc1cc2c(cc1OC)C(CC(=O)O)N(C(=O)c1ccc(C(C)=O)cc1)CC2. The Morgan fingerprint density at radius 1 is 1.03 bits per heavy atom. The van der Waals surface area contributed by atoms with Crippen molar-refractivity contribution in [3.8, 4) is 11.5 Å². The summed E-state index contributed by atoms with van der Waals surface area (Å²) in [5.74, 6) is -0.295. The first kappa shape index (κ1) is 20.4. The summed E-state index contributed by atoms with van der Waals surface area (Å²) in [5, 5.41) is 9.45. The summed E-state index contributed by atoms with van der Waals surface area (Å²) in [7, 11) is 3.06. The molecular formula is C22H23NO6. The van der Waals surface area contributed by atoms with Gasteiger partial charge in [0.05, 0.1) is 26.7 Å². The minimum atomic E-state index is -0.998. The molecule has 3 rings (SSSR count). The zero-order chi connectivity index (χ0) is 21.1. The van der Waals surface area contributed by atoms with Crippen LogP contribution in [0, 0.1) is 0 Å². The van der Waals surface area contributed by atoms with Gasteiger partial charge in [0, 0.05) is 17.7 Å². The van der Waals surface area contributed by atoms with E-state index in [1.807, 2.05) is 6.07 Å². The van der Waals surface area contributed by atoms with Gasteiger partial charge < -0.3 is 19.5 Å². The molecule has 0 bridgehead atoms. The number of hydrogen-bond donors (Lipinski definition) is 1. The normalized spacial score (nSPS) is 15.4. The van der Waals surface area contributed by atoms with E-state index in [2.05, 4.69) is 0 Å². The average molecular weight is 397 g/mol. The molecule has 2 aromatic rings. The first-order valence-electron chi connectivity index (χ1n) is 9.24. The molecule has 7 nitrogen and oxygen atoms in total. The number of carbonyl (C=O) groups excluding carboxylic acids is 2. The molecule has 0 aromatic heterocycles. The zero-order valence-electron chi connectivity index (χ0n) is 16.6. The molecular weight excluding hydrogens is 374 g/mol. The van der Waals surface area contributed by atoms with Gasteiger partial charge in [-0.2, -0.15) is 0 Å². The third-order valence-electron chi connectivity index (χ3n) is 5.17. The zero-order valence-corrected chi connectivity index (χ0v) is 16.6. The molecule has 0 aliphatic carbocycles. The van der Waals surface area contributed by atoms with Gasteiger partial charge in [0.15, 0.2) is 17.3 Å². The van der Waals surface area contributed by atoms with E-state index in [4.69, 9.17) is 9.47 Å². The van der Waals surface area contributed by atoms with Crippen molar-refractivity contribution in [3.05, 3.63) is 58.7 Å². The van der Waals surface area contributed by atoms with Crippen molar-refractivity contribution < 1.29 is 29.0 Å². The van der Waals surface area contributed by atoms with Crippen LogP contribution in [0.1, 0.15) is 51.2 Å². The second-order valence-corrected chi connectivity index (χ2v) is 6.90. The highest BCUT2D eigenvalue weighted by atomic mass is 16.5. The van der Waals surface area contributed by atoms with Gasteiger partial charge in [-0.1, -0.05) is 12.1 Å². The summed E-state index contributed by atoms with van der Waals surface area (Å²) in [6.07, 6.45) is 0.350. The van der Waals surface area contributed by atoms with E-state index in [-0.39, 0.29) is 18.1 Å². The number of Topliss-reactive ketones (excluding diaryl/α,β-unsaturated/α-hetero) is 1. The van der Waals surface area contributed by atoms with Crippen molar-refractivity contribution in [2.24, 2.45) is 0 Å².